The Morgan fingerprint density at radius 2 is 2.20 bits per heavy atom. The normalized spacial score (nSPS) is 19.9. The molecule has 1 aromatic carbocycles. The van der Waals surface area contributed by atoms with Crippen LogP contribution in [0.5, 0.6) is 5.75 Å². The highest BCUT2D eigenvalue weighted by Crippen LogP contribution is 2.25. The summed E-state index contributed by atoms with van der Waals surface area (Å²) in [6.45, 7) is 6.28. The third-order valence-electron chi connectivity index (χ3n) is 3.27. The molecule has 0 radical (unpaired) electrons. The van der Waals surface area contributed by atoms with Crippen molar-refractivity contribution in [3.63, 3.8) is 0 Å². The van der Waals surface area contributed by atoms with Gasteiger partial charge in [0.1, 0.15) is 5.75 Å². The number of halogens is 2. The van der Waals surface area contributed by atoms with Gasteiger partial charge in [0, 0.05) is 25.7 Å². The summed E-state index contributed by atoms with van der Waals surface area (Å²) < 4.78 is 6.61. The highest BCUT2D eigenvalue weighted by molar-refractivity contribution is 9.10. The first-order valence-electron chi connectivity index (χ1n) is 6.52. The van der Waals surface area contributed by atoms with E-state index in [1.165, 1.54) is 0 Å². The summed E-state index contributed by atoms with van der Waals surface area (Å²) in [5, 5.41) is 3.27. The Bertz CT molecular complexity index is 459. The van der Waals surface area contributed by atoms with E-state index in [2.05, 4.69) is 28.2 Å². The topological polar surface area (TPSA) is 41.6 Å². The number of ether oxygens (including phenoxy) is 1. The lowest BCUT2D eigenvalue weighted by Crippen LogP contribution is -2.55. The van der Waals surface area contributed by atoms with E-state index in [0.717, 1.165) is 24.1 Å². The molecule has 20 heavy (non-hydrogen) atoms. The number of para-hydroxylation sites is 1. The number of hydrogen-bond acceptors (Lipinski definition) is 3. The third-order valence-corrected chi connectivity index (χ3v) is 3.93. The molecule has 2 atom stereocenters. The van der Waals surface area contributed by atoms with Gasteiger partial charge in [-0.05, 0) is 41.9 Å². The third kappa shape index (κ3) is 4.11. The molecular weight excluding hydrogens is 344 g/mol. The lowest BCUT2D eigenvalue weighted by molar-refractivity contribution is -0.140. The largest absolute Gasteiger partial charge is 0.480 e. The van der Waals surface area contributed by atoms with Gasteiger partial charge in [-0.3, -0.25) is 4.79 Å². The van der Waals surface area contributed by atoms with Gasteiger partial charge in [-0.25, -0.2) is 0 Å². The number of hydrogen-bond donors (Lipinski definition) is 1. The first kappa shape index (κ1) is 17.3. The van der Waals surface area contributed by atoms with Crippen LogP contribution in [0.15, 0.2) is 28.7 Å². The minimum atomic E-state index is -0.473. The van der Waals surface area contributed by atoms with E-state index >= 15 is 0 Å². The predicted octanol–water partition coefficient (Wildman–Crippen LogP) is 2.46. The van der Waals surface area contributed by atoms with Crippen molar-refractivity contribution in [1.82, 2.24) is 10.2 Å². The summed E-state index contributed by atoms with van der Waals surface area (Å²) in [7, 11) is 0. The SMILES string of the molecule is CC(Oc1ccccc1Br)C(=O)N1CCNC[C@@H]1C.Cl. The lowest BCUT2D eigenvalue weighted by Gasteiger charge is -2.35. The first-order valence-corrected chi connectivity index (χ1v) is 7.31. The zero-order chi connectivity index (χ0) is 13.8. The summed E-state index contributed by atoms with van der Waals surface area (Å²) in [5.74, 6) is 0.746. The molecule has 0 saturated carbocycles. The van der Waals surface area contributed by atoms with E-state index in [1.807, 2.05) is 29.2 Å². The maximum atomic E-state index is 12.4. The highest BCUT2D eigenvalue weighted by atomic mass is 79.9. The van der Waals surface area contributed by atoms with Crippen molar-refractivity contribution in [3.8, 4) is 5.75 Å². The number of amides is 1. The maximum Gasteiger partial charge on any atom is 0.263 e. The molecule has 6 heteroatoms. The number of carbonyl (C=O) groups is 1. The average molecular weight is 364 g/mol. The van der Waals surface area contributed by atoms with Gasteiger partial charge in [0.05, 0.1) is 4.47 Å². The monoisotopic (exact) mass is 362 g/mol. The molecule has 1 amide bonds. The maximum absolute atomic E-state index is 12.4. The fraction of sp³-hybridized carbons (Fsp3) is 0.500. The van der Waals surface area contributed by atoms with E-state index in [4.69, 9.17) is 4.74 Å². The van der Waals surface area contributed by atoms with Crippen molar-refractivity contribution in [2.24, 2.45) is 0 Å². The Labute approximate surface area is 134 Å². The smallest absolute Gasteiger partial charge is 0.263 e. The van der Waals surface area contributed by atoms with Crippen LogP contribution < -0.4 is 10.1 Å². The van der Waals surface area contributed by atoms with E-state index in [0.29, 0.717) is 5.75 Å². The molecular formula is C14H20BrClN2O2. The zero-order valence-corrected chi connectivity index (χ0v) is 14.0. The van der Waals surface area contributed by atoms with Crippen LogP contribution in [0.1, 0.15) is 13.8 Å². The minimum absolute atomic E-state index is 0. The molecule has 0 bridgehead atoms. The van der Waals surface area contributed by atoms with Crippen molar-refractivity contribution in [2.45, 2.75) is 26.0 Å². The Morgan fingerprint density at radius 1 is 1.50 bits per heavy atom. The summed E-state index contributed by atoms with van der Waals surface area (Å²) in [4.78, 5) is 14.3. The molecule has 0 aromatic heterocycles. The van der Waals surface area contributed by atoms with Crippen LogP contribution in [0, 0.1) is 0 Å². The van der Waals surface area contributed by atoms with Gasteiger partial charge in [-0.15, -0.1) is 12.4 Å². The number of benzene rings is 1. The van der Waals surface area contributed by atoms with E-state index in [9.17, 15) is 4.79 Å². The van der Waals surface area contributed by atoms with Gasteiger partial charge in [-0.2, -0.15) is 0 Å². The van der Waals surface area contributed by atoms with E-state index in [-0.39, 0.29) is 24.4 Å². The molecule has 4 nitrogen and oxygen atoms in total. The van der Waals surface area contributed by atoms with Crippen molar-refractivity contribution >= 4 is 34.2 Å². The molecule has 1 unspecified atom stereocenters. The number of nitrogens with one attached hydrogen (secondary N) is 1. The molecule has 112 valence electrons. The van der Waals surface area contributed by atoms with Gasteiger partial charge in [0.2, 0.25) is 0 Å². The second-order valence-corrected chi connectivity index (χ2v) is 5.63. The first-order chi connectivity index (χ1) is 9.09. The summed E-state index contributed by atoms with van der Waals surface area (Å²) in [6.07, 6.45) is -0.473. The minimum Gasteiger partial charge on any atom is -0.480 e. The molecule has 1 saturated heterocycles. The van der Waals surface area contributed by atoms with Crippen molar-refractivity contribution in [2.75, 3.05) is 19.6 Å². The Morgan fingerprint density at radius 3 is 2.85 bits per heavy atom. The Kier molecular flexibility index (Phi) is 6.79. The number of piperazine rings is 1. The van der Waals surface area contributed by atoms with Gasteiger partial charge >= 0.3 is 0 Å². The van der Waals surface area contributed by atoms with Crippen molar-refractivity contribution in [1.29, 1.82) is 0 Å². The quantitative estimate of drug-likeness (QED) is 0.897. The van der Waals surface area contributed by atoms with Crippen LogP contribution >= 0.6 is 28.3 Å². The van der Waals surface area contributed by atoms with Crippen molar-refractivity contribution < 1.29 is 9.53 Å². The fourth-order valence-electron chi connectivity index (χ4n) is 2.18. The molecule has 1 fully saturated rings. The summed E-state index contributed by atoms with van der Waals surface area (Å²) in [6, 6.07) is 7.79. The number of rotatable bonds is 3. The van der Waals surface area contributed by atoms with E-state index in [1.54, 1.807) is 6.92 Å². The average Bonchev–Trinajstić information content (AvgIpc) is 2.41. The van der Waals surface area contributed by atoms with Gasteiger partial charge in [0.25, 0.3) is 5.91 Å². The van der Waals surface area contributed by atoms with Crippen LogP contribution in [-0.4, -0.2) is 42.6 Å². The Balaban J connectivity index is 0.00000200. The van der Waals surface area contributed by atoms with E-state index < -0.39 is 6.10 Å². The zero-order valence-electron chi connectivity index (χ0n) is 11.6. The van der Waals surface area contributed by atoms with Crippen molar-refractivity contribution in [3.05, 3.63) is 28.7 Å². The second kappa shape index (κ2) is 7.86. The summed E-state index contributed by atoms with van der Waals surface area (Å²) >= 11 is 3.42. The standard InChI is InChI=1S/C14H19BrN2O2.ClH/c1-10-9-16-7-8-17(10)14(18)11(2)19-13-6-4-3-5-12(13)15;/h3-6,10-11,16H,7-9H2,1-2H3;1H/t10-,11?;/m0./s1. The molecule has 1 aliphatic rings. The van der Waals surface area contributed by atoms with Gasteiger partial charge in [0.15, 0.2) is 6.10 Å². The van der Waals surface area contributed by atoms with Crippen LogP contribution in [0.3, 0.4) is 0 Å². The fourth-order valence-corrected chi connectivity index (χ4v) is 2.56. The summed E-state index contributed by atoms with van der Waals surface area (Å²) in [5.41, 5.74) is 0. The van der Waals surface area contributed by atoms with Gasteiger partial charge in [-0.1, -0.05) is 12.1 Å². The molecule has 2 rings (SSSR count). The number of nitrogens with zero attached hydrogens (tertiary/aromatic N) is 1. The molecule has 0 aliphatic carbocycles. The molecule has 1 aromatic rings. The lowest BCUT2D eigenvalue weighted by atomic mass is 10.2. The highest BCUT2D eigenvalue weighted by Gasteiger charge is 2.28. The molecule has 1 aliphatic heterocycles. The van der Waals surface area contributed by atoms with Crippen LogP contribution in [0.2, 0.25) is 0 Å². The molecule has 1 N–H and O–H groups in total. The molecule has 1 heterocycles. The van der Waals surface area contributed by atoms with Crippen LogP contribution in [-0.2, 0) is 4.79 Å². The Hall–Kier alpha value is -0.780. The van der Waals surface area contributed by atoms with Gasteiger partial charge < -0.3 is 15.0 Å². The second-order valence-electron chi connectivity index (χ2n) is 4.78. The number of carbonyl (C=O) groups excluding carboxylic acids is 1. The van der Waals surface area contributed by atoms with Crippen LogP contribution in [0.4, 0.5) is 0 Å². The molecule has 0 spiro atoms. The predicted molar refractivity (Wildman–Crippen MR) is 85.5 cm³/mol. The van der Waals surface area contributed by atoms with Crippen LogP contribution in [0.25, 0.3) is 0 Å².